The highest BCUT2D eigenvalue weighted by molar-refractivity contribution is 9.10. The number of carbonyl (C=O) groups excluding carboxylic acids is 1. The Kier molecular flexibility index (Phi) is 5.21. The molecule has 18 heavy (non-hydrogen) atoms. The van der Waals surface area contributed by atoms with E-state index >= 15 is 0 Å². The first-order valence-electron chi connectivity index (χ1n) is 5.06. The molecule has 0 saturated carbocycles. The monoisotopic (exact) mass is 321 g/mol. The number of halogens is 3. The van der Waals surface area contributed by atoms with Gasteiger partial charge in [0.1, 0.15) is 11.6 Å². The molecule has 1 aromatic carbocycles. The summed E-state index contributed by atoms with van der Waals surface area (Å²) in [5.41, 5.74) is -0.268. The van der Waals surface area contributed by atoms with Crippen LogP contribution in [0.3, 0.4) is 0 Å². The normalized spacial score (nSPS) is 10.2. The van der Waals surface area contributed by atoms with E-state index in [4.69, 9.17) is 5.11 Å². The van der Waals surface area contributed by atoms with Crippen molar-refractivity contribution >= 4 is 33.5 Å². The van der Waals surface area contributed by atoms with Gasteiger partial charge in [0.25, 0.3) is 0 Å². The zero-order valence-corrected chi connectivity index (χ0v) is 10.8. The molecule has 98 valence electrons. The summed E-state index contributed by atoms with van der Waals surface area (Å²) in [5.74, 6) is -3.03. The molecule has 0 aliphatic carbocycles. The van der Waals surface area contributed by atoms with Crippen molar-refractivity contribution < 1.29 is 23.5 Å². The second-order valence-electron chi connectivity index (χ2n) is 3.54. The molecule has 1 amide bonds. The van der Waals surface area contributed by atoms with Crippen molar-refractivity contribution in [3.05, 3.63) is 28.2 Å². The Bertz CT molecular complexity index is 480. The molecule has 0 bridgehead atoms. The number of benzene rings is 1. The van der Waals surface area contributed by atoms with Crippen LogP contribution in [-0.4, -0.2) is 17.0 Å². The zero-order chi connectivity index (χ0) is 13.7. The minimum atomic E-state index is -1.01. The third-order valence-corrected chi connectivity index (χ3v) is 2.69. The zero-order valence-electron chi connectivity index (χ0n) is 9.17. The maximum atomic E-state index is 13.3. The lowest BCUT2D eigenvalue weighted by molar-refractivity contribution is -0.137. The fourth-order valence-corrected chi connectivity index (χ4v) is 1.55. The molecule has 0 aliphatic rings. The molecule has 1 rings (SSSR count). The van der Waals surface area contributed by atoms with Crippen LogP contribution in [0.25, 0.3) is 0 Å². The molecule has 0 heterocycles. The number of hydrogen-bond donors (Lipinski definition) is 2. The van der Waals surface area contributed by atoms with Gasteiger partial charge in [0.2, 0.25) is 5.91 Å². The number of rotatable bonds is 5. The molecular formula is C11H10BrF2NO3. The number of carbonyl (C=O) groups is 2. The Balaban J connectivity index is 2.59. The number of anilines is 1. The highest BCUT2D eigenvalue weighted by Crippen LogP contribution is 2.23. The Hall–Kier alpha value is -1.50. The molecule has 0 aliphatic heterocycles. The summed E-state index contributed by atoms with van der Waals surface area (Å²) in [6.45, 7) is 0. The molecule has 2 N–H and O–H groups in total. The first kappa shape index (κ1) is 14.6. The van der Waals surface area contributed by atoms with Crippen molar-refractivity contribution in [3.63, 3.8) is 0 Å². The molecule has 1 aromatic rings. The van der Waals surface area contributed by atoms with Crippen LogP contribution < -0.4 is 5.32 Å². The van der Waals surface area contributed by atoms with E-state index < -0.39 is 23.5 Å². The number of amides is 1. The van der Waals surface area contributed by atoms with Gasteiger partial charge in [-0.15, -0.1) is 0 Å². The van der Waals surface area contributed by atoms with E-state index in [0.29, 0.717) is 0 Å². The standard InChI is InChI=1S/C11H10BrF2NO3/c12-6-4-8(14)9(5-7(6)13)15-10(16)2-1-3-11(17)18/h4-5H,1-3H2,(H,15,16)(H,17,18). The van der Waals surface area contributed by atoms with E-state index in [1.807, 2.05) is 0 Å². The van der Waals surface area contributed by atoms with Crippen molar-refractivity contribution in [2.75, 3.05) is 5.32 Å². The summed E-state index contributed by atoms with van der Waals surface area (Å²) in [7, 11) is 0. The van der Waals surface area contributed by atoms with E-state index in [9.17, 15) is 18.4 Å². The van der Waals surface area contributed by atoms with Gasteiger partial charge in [-0.1, -0.05) is 0 Å². The van der Waals surface area contributed by atoms with Crippen LogP contribution in [0.5, 0.6) is 0 Å². The van der Waals surface area contributed by atoms with E-state index in [1.165, 1.54) is 0 Å². The summed E-state index contributed by atoms with van der Waals surface area (Å²) >= 11 is 2.81. The van der Waals surface area contributed by atoms with Crippen LogP contribution in [0.4, 0.5) is 14.5 Å². The van der Waals surface area contributed by atoms with Gasteiger partial charge in [0.15, 0.2) is 0 Å². The molecule has 0 saturated heterocycles. The Labute approximate surface area is 110 Å². The second-order valence-corrected chi connectivity index (χ2v) is 4.40. The van der Waals surface area contributed by atoms with Gasteiger partial charge < -0.3 is 10.4 Å². The molecule has 4 nitrogen and oxygen atoms in total. The lowest BCUT2D eigenvalue weighted by Gasteiger charge is -2.07. The molecule has 0 fully saturated rings. The van der Waals surface area contributed by atoms with E-state index in [0.717, 1.165) is 12.1 Å². The molecule has 0 atom stereocenters. The Morgan fingerprint density at radius 1 is 1.22 bits per heavy atom. The summed E-state index contributed by atoms with van der Waals surface area (Å²) in [6, 6.07) is 1.76. The fourth-order valence-electron chi connectivity index (χ4n) is 1.23. The molecule has 0 unspecified atom stereocenters. The lowest BCUT2D eigenvalue weighted by Crippen LogP contribution is -2.13. The summed E-state index contributed by atoms with van der Waals surface area (Å²) in [4.78, 5) is 21.6. The maximum Gasteiger partial charge on any atom is 0.303 e. The smallest absolute Gasteiger partial charge is 0.303 e. The maximum absolute atomic E-state index is 13.3. The van der Waals surface area contributed by atoms with Crippen LogP contribution in [0.15, 0.2) is 16.6 Å². The molecule has 0 spiro atoms. The quantitative estimate of drug-likeness (QED) is 0.819. The predicted octanol–water partition coefficient (Wildman–Crippen LogP) is 2.92. The topological polar surface area (TPSA) is 66.4 Å². The third-order valence-electron chi connectivity index (χ3n) is 2.08. The summed E-state index contributed by atoms with van der Waals surface area (Å²) < 4.78 is 26.4. The van der Waals surface area contributed by atoms with E-state index in [-0.39, 0.29) is 29.4 Å². The Morgan fingerprint density at radius 2 is 1.89 bits per heavy atom. The number of carboxylic acids is 1. The summed E-state index contributed by atoms with van der Waals surface area (Å²) in [5, 5.41) is 10.6. The van der Waals surface area contributed by atoms with Crippen LogP contribution in [0, 0.1) is 11.6 Å². The van der Waals surface area contributed by atoms with Gasteiger partial charge in [0, 0.05) is 18.9 Å². The fraction of sp³-hybridized carbons (Fsp3) is 0.273. The van der Waals surface area contributed by atoms with E-state index in [1.54, 1.807) is 0 Å². The van der Waals surface area contributed by atoms with Crippen LogP contribution >= 0.6 is 15.9 Å². The van der Waals surface area contributed by atoms with Gasteiger partial charge in [-0.25, -0.2) is 8.78 Å². The average Bonchev–Trinajstić information content (AvgIpc) is 2.25. The SMILES string of the molecule is O=C(O)CCCC(=O)Nc1cc(F)c(Br)cc1F. The second kappa shape index (κ2) is 6.44. The average molecular weight is 322 g/mol. The molecule has 0 aromatic heterocycles. The molecular weight excluding hydrogens is 312 g/mol. The van der Waals surface area contributed by atoms with Crippen molar-refractivity contribution in [1.29, 1.82) is 0 Å². The number of hydrogen-bond acceptors (Lipinski definition) is 2. The largest absolute Gasteiger partial charge is 0.481 e. The first-order chi connectivity index (χ1) is 8.40. The van der Waals surface area contributed by atoms with Gasteiger partial charge in [0.05, 0.1) is 10.2 Å². The van der Waals surface area contributed by atoms with E-state index in [2.05, 4.69) is 21.2 Å². The van der Waals surface area contributed by atoms with Gasteiger partial charge >= 0.3 is 5.97 Å². The lowest BCUT2D eigenvalue weighted by atomic mass is 10.2. The minimum Gasteiger partial charge on any atom is -0.481 e. The Morgan fingerprint density at radius 3 is 2.50 bits per heavy atom. The van der Waals surface area contributed by atoms with Gasteiger partial charge in [-0.2, -0.15) is 0 Å². The predicted molar refractivity (Wildman–Crippen MR) is 64.2 cm³/mol. The van der Waals surface area contributed by atoms with Crippen LogP contribution in [0.2, 0.25) is 0 Å². The van der Waals surface area contributed by atoms with Crippen molar-refractivity contribution in [2.24, 2.45) is 0 Å². The highest BCUT2D eigenvalue weighted by atomic mass is 79.9. The third kappa shape index (κ3) is 4.40. The van der Waals surface area contributed by atoms with Gasteiger partial charge in [-0.05, 0) is 28.4 Å². The highest BCUT2D eigenvalue weighted by Gasteiger charge is 2.11. The number of aliphatic carboxylic acids is 1. The summed E-state index contributed by atoms with van der Waals surface area (Å²) in [6.07, 6.45) is -0.0736. The van der Waals surface area contributed by atoms with Crippen LogP contribution in [0.1, 0.15) is 19.3 Å². The first-order valence-corrected chi connectivity index (χ1v) is 5.85. The molecule has 0 radical (unpaired) electrons. The number of carboxylic acid groups (broad SMARTS) is 1. The molecule has 7 heteroatoms. The van der Waals surface area contributed by atoms with Crippen LogP contribution in [-0.2, 0) is 9.59 Å². The minimum absolute atomic E-state index is 0.0381. The van der Waals surface area contributed by atoms with Crippen molar-refractivity contribution in [2.45, 2.75) is 19.3 Å². The van der Waals surface area contributed by atoms with Crippen molar-refractivity contribution in [3.8, 4) is 0 Å². The van der Waals surface area contributed by atoms with Crippen molar-refractivity contribution in [1.82, 2.24) is 0 Å². The number of nitrogens with one attached hydrogen (secondary N) is 1. The van der Waals surface area contributed by atoms with Gasteiger partial charge in [-0.3, -0.25) is 9.59 Å².